The third-order valence-electron chi connectivity index (χ3n) is 9.54. The second-order valence-corrected chi connectivity index (χ2v) is 14.4. The zero-order chi connectivity index (χ0) is 36.6. The van der Waals surface area contributed by atoms with Crippen LogP contribution in [0.5, 0.6) is 0 Å². The van der Waals surface area contributed by atoms with Crippen molar-refractivity contribution >= 4 is 40.2 Å². The Labute approximate surface area is 339 Å². The fraction of sp³-hybridized carbons (Fsp3) is 0.277. The molecule has 0 amide bonds. The number of allylic oxidation sites excluding steroid dienone is 8. The van der Waals surface area contributed by atoms with Crippen LogP contribution in [0.25, 0.3) is 22.3 Å². The summed E-state index contributed by atoms with van der Waals surface area (Å²) in [5.41, 5.74) is 16.3. The zero-order valence-electron chi connectivity index (χ0n) is 31.6. The van der Waals surface area contributed by atoms with Crippen molar-refractivity contribution in [1.29, 1.82) is 0 Å². The SMILES string of the molecule is CC1=CC(C)[C-]=C1.CC1=C[CH-]C(C)(C)c2cc3c(cc21)-c1cc2c(cc1C3)C(C)(C)CC=C2C.Cl.Cl.Fc1cc[c-]cc1.Fc1cc[c-]cc1.[CH2]=[Zr]. The molecule has 0 saturated heterocycles. The quantitative estimate of drug-likeness (QED) is 0.137. The van der Waals surface area contributed by atoms with Crippen LogP contribution in [0.4, 0.5) is 8.78 Å². The Bertz CT molecular complexity index is 1800. The third-order valence-corrected chi connectivity index (χ3v) is 9.54. The molecule has 0 fully saturated rings. The molecular formula is C47H50Cl2F2Zr-4. The van der Waals surface area contributed by atoms with Gasteiger partial charge in [-0.05, 0) is 70.2 Å². The number of benzene rings is 4. The molecule has 4 aromatic rings. The normalized spacial score (nSPS) is 16.9. The monoisotopic (exact) mass is 812 g/mol. The van der Waals surface area contributed by atoms with Gasteiger partial charge in [-0.3, -0.25) is 6.08 Å². The Morgan fingerprint density at radius 3 is 1.62 bits per heavy atom. The van der Waals surface area contributed by atoms with Gasteiger partial charge in [0.25, 0.3) is 0 Å². The average molecular weight is 815 g/mol. The molecule has 0 aliphatic heterocycles. The molecule has 0 nitrogen and oxygen atoms in total. The van der Waals surface area contributed by atoms with E-state index in [0.29, 0.717) is 5.92 Å². The van der Waals surface area contributed by atoms with Crippen molar-refractivity contribution in [3.05, 3.63) is 172 Å². The molecule has 4 aliphatic rings. The van der Waals surface area contributed by atoms with E-state index in [1.165, 1.54) is 134 Å². The van der Waals surface area contributed by atoms with Gasteiger partial charge in [0, 0.05) is 11.6 Å². The Kier molecular flexibility index (Phi) is 17.2. The molecule has 4 aromatic carbocycles. The van der Waals surface area contributed by atoms with E-state index in [-0.39, 0.29) is 47.3 Å². The first kappa shape index (κ1) is 45.1. The third kappa shape index (κ3) is 11.2. The molecule has 4 aliphatic carbocycles. The molecule has 0 bridgehead atoms. The predicted molar refractivity (Wildman–Crippen MR) is 220 cm³/mol. The summed E-state index contributed by atoms with van der Waals surface area (Å²) < 4.78 is 27.1. The van der Waals surface area contributed by atoms with Gasteiger partial charge >= 0.3 is 28.4 Å². The van der Waals surface area contributed by atoms with Crippen LogP contribution in [0.1, 0.15) is 95.2 Å². The first-order valence-corrected chi connectivity index (χ1v) is 18.9. The summed E-state index contributed by atoms with van der Waals surface area (Å²) >= 11 is 1.30. The fourth-order valence-electron chi connectivity index (χ4n) is 6.66. The fourth-order valence-corrected chi connectivity index (χ4v) is 6.66. The van der Waals surface area contributed by atoms with Gasteiger partial charge in [-0.25, -0.2) is 32.9 Å². The Hall–Kier alpha value is -3.10. The number of rotatable bonds is 0. The van der Waals surface area contributed by atoms with Crippen LogP contribution in [0, 0.1) is 42.2 Å². The van der Waals surface area contributed by atoms with Crippen molar-refractivity contribution in [2.75, 3.05) is 0 Å². The summed E-state index contributed by atoms with van der Waals surface area (Å²) in [4.78, 5) is 0. The molecule has 0 spiro atoms. The number of halogens is 4. The van der Waals surface area contributed by atoms with Crippen LogP contribution in [0.2, 0.25) is 0 Å². The molecule has 0 aromatic heterocycles. The first-order chi connectivity index (χ1) is 23.7. The van der Waals surface area contributed by atoms with E-state index in [0.717, 1.165) is 12.8 Å². The number of fused-ring (bicyclic) bond motifs is 5. The van der Waals surface area contributed by atoms with E-state index in [1.54, 1.807) is 0 Å². The average Bonchev–Trinajstić information content (AvgIpc) is 3.66. The molecule has 52 heavy (non-hydrogen) atoms. The van der Waals surface area contributed by atoms with Gasteiger partial charge in [0.15, 0.2) is 0 Å². The maximum absolute atomic E-state index is 11.9. The summed E-state index contributed by atoms with van der Waals surface area (Å²) in [7, 11) is 0. The van der Waals surface area contributed by atoms with Gasteiger partial charge in [-0.2, -0.15) is 48.0 Å². The van der Waals surface area contributed by atoms with Gasteiger partial charge in [0.2, 0.25) is 0 Å². The molecule has 5 heteroatoms. The predicted octanol–water partition coefficient (Wildman–Crippen LogP) is 13.2. The Morgan fingerprint density at radius 2 is 1.21 bits per heavy atom. The van der Waals surface area contributed by atoms with E-state index in [2.05, 4.69) is 127 Å². The molecule has 274 valence electrons. The number of hydrogen-bond acceptors (Lipinski definition) is 0. The van der Waals surface area contributed by atoms with Crippen molar-refractivity contribution in [1.82, 2.24) is 0 Å². The molecule has 0 radical (unpaired) electrons. The van der Waals surface area contributed by atoms with E-state index in [1.807, 2.05) is 6.08 Å². The second-order valence-electron chi connectivity index (χ2n) is 14.4. The van der Waals surface area contributed by atoms with Crippen LogP contribution in [0.3, 0.4) is 0 Å². The molecule has 8 rings (SSSR count). The summed E-state index contributed by atoms with van der Waals surface area (Å²) in [5, 5.41) is 0. The van der Waals surface area contributed by atoms with Gasteiger partial charge in [-0.1, -0.05) is 75.8 Å². The summed E-state index contributed by atoms with van der Waals surface area (Å²) in [6.07, 6.45) is 16.7. The van der Waals surface area contributed by atoms with E-state index >= 15 is 0 Å². The molecule has 0 saturated carbocycles. The van der Waals surface area contributed by atoms with Gasteiger partial charge in [0.1, 0.15) is 0 Å². The first-order valence-electron chi connectivity index (χ1n) is 17.2. The molecule has 1 atom stereocenters. The van der Waals surface area contributed by atoms with Crippen molar-refractivity contribution in [2.24, 2.45) is 5.92 Å². The maximum atomic E-state index is 11.9. The second kappa shape index (κ2) is 19.8. The summed E-state index contributed by atoms with van der Waals surface area (Å²) in [6.45, 7) is 18.2. The van der Waals surface area contributed by atoms with E-state index in [4.69, 9.17) is 0 Å². The van der Waals surface area contributed by atoms with Crippen molar-refractivity contribution in [3.63, 3.8) is 0 Å². The molecular weight excluding hydrogens is 765 g/mol. The van der Waals surface area contributed by atoms with E-state index < -0.39 is 0 Å². The molecule has 0 heterocycles. The van der Waals surface area contributed by atoms with Gasteiger partial charge in [-0.15, -0.1) is 68.5 Å². The summed E-state index contributed by atoms with van der Waals surface area (Å²) in [5.74, 6) is 0.137. The van der Waals surface area contributed by atoms with Gasteiger partial charge in [0.05, 0.1) is 0 Å². The van der Waals surface area contributed by atoms with Crippen LogP contribution < -0.4 is 0 Å². The molecule has 1 unspecified atom stereocenters. The van der Waals surface area contributed by atoms with Crippen LogP contribution in [-0.2, 0) is 41.5 Å². The van der Waals surface area contributed by atoms with E-state index in [9.17, 15) is 8.78 Å². The van der Waals surface area contributed by atoms with Crippen molar-refractivity contribution in [2.45, 2.75) is 79.1 Å². The van der Waals surface area contributed by atoms with Gasteiger partial charge < -0.3 is 0 Å². The van der Waals surface area contributed by atoms with Crippen molar-refractivity contribution in [3.8, 4) is 11.1 Å². The minimum atomic E-state index is -0.209. The van der Waals surface area contributed by atoms with Crippen LogP contribution in [0.15, 0.2) is 103 Å². The van der Waals surface area contributed by atoms with Crippen molar-refractivity contribution < 1.29 is 33.0 Å². The zero-order valence-corrected chi connectivity index (χ0v) is 35.7. The Balaban J connectivity index is 0.000000305. The number of hydrogen-bond donors (Lipinski definition) is 0. The summed E-state index contributed by atoms with van der Waals surface area (Å²) in [6, 6.07) is 26.9. The molecule has 0 N–H and O–H groups in total. The minimum absolute atomic E-state index is 0. The topological polar surface area (TPSA) is 0 Å². The standard InChI is InChI=1S/C27H29.C7H9.2C6H4F.CH2.2ClH.Zr/c1-16-7-9-26(3,4)24-12-18-11-19-13-25-21(17(2)8-10-27(25,5)6)15-23(19)22(18)14-20(16)24;1-6-3-4-7(2)5-6;2*7-6-4-2-1-3-5-6;;;;/h7-9,12-15H,10-11H2,1-6H3;3,5,7H,1-2H3;2*2-5H;1H2;2*1H;/q4*-1;;;;. The van der Waals surface area contributed by atoms with Crippen LogP contribution in [-0.4, -0.2) is 4.21 Å². The van der Waals surface area contributed by atoms with Crippen LogP contribution >= 0.6 is 24.8 Å². The Morgan fingerprint density at radius 1 is 0.731 bits per heavy atom.